The minimum atomic E-state index is -0.531. The van der Waals surface area contributed by atoms with E-state index in [4.69, 9.17) is 10.9 Å². The third-order valence-corrected chi connectivity index (χ3v) is 8.36. The number of rotatable bonds is 2. The van der Waals surface area contributed by atoms with Crippen LogP contribution in [-0.2, 0) is 9.59 Å². The fourth-order valence-electron chi connectivity index (χ4n) is 2.89. The summed E-state index contributed by atoms with van der Waals surface area (Å²) in [6.45, 7) is 5.95. The summed E-state index contributed by atoms with van der Waals surface area (Å²) in [5, 5.41) is 15.8. The van der Waals surface area contributed by atoms with Gasteiger partial charge in [-0.15, -0.1) is 0 Å². The second-order valence-electron chi connectivity index (χ2n) is 7.64. The van der Waals surface area contributed by atoms with Gasteiger partial charge in [0.1, 0.15) is 6.21 Å². The normalized spacial score (nSPS) is 11.6. The van der Waals surface area contributed by atoms with Gasteiger partial charge in [-0.25, -0.2) is 0 Å². The molecule has 0 aromatic heterocycles. The summed E-state index contributed by atoms with van der Waals surface area (Å²) in [7, 11) is 0. The van der Waals surface area contributed by atoms with Crippen LogP contribution in [-0.4, -0.2) is 29.0 Å². The molecule has 0 radical (unpaired) electrons. The van der Waals surface area contributed by atoms with E-state index in [0.29, 0.717) is 16.9 Å². The lowest BCUT2D eigenvalue weighted by Crippen LogP contribution is -2.12. The number of oxime groups is 1. The van der Waals surface area contributed by atoms with E-state index in [0.717, 1.165) is 30.2 Å². The van der Waals surface area contributed by atoms with Crippen LogP contribution in [0.3, 0.4) is 0 Å². The van der Waals surface area contributed by atoms with E-state index < -0.39 is 17.6 Å². The Kier molecular flexibility index (Phi) is 11.5. The Labute approximate surface area is 249 Å². The van der Waals surface area contributed by atoms with Crippen LogP contribution in [0.2, 0.25) is 0 Å². The van der Waals surface area contributed by atoms with Crippen molar-refractivity contribution in [2.75, 3.05) is 16.4 Å². The molecular formula is C25H23I3N4O4. The number of aryl methyl sites for hydroxylation is 3. The quantitative estimate of drug-likeness (QED) is 0.0637. The molecule has 1 heterocycles. The summed E-state index contributed by atoms with van der Waals surface area (Å²) in [5.41, 5.74) is 11.6. The number of amides is 2. The number of ketones is 1. The van der Waals surface area contributed by atoms with Crippen LogP contribution in [0.5, 0.6) is 0 Å². The molecule has 3 aromatic rings. The van der Waals surface area contributed by atoms with Crippen molar-refractivity contribution in [2.24, 2.45) is 5.16 Å². The summed E-state index contributed by atoms with van der Waals surface area (Å²) in [5.74, 6) is -1.42. The molecule has 0 bridgehead atoms. The minimum absolute atomic E-state index is 0.437. The maximum atomic E-state index is 11.2. The molecular weight excluding hydrogens is 801 g/mol. The predicted octanol–water partition coefficient (Wildman–Crippen LogP) is 5.91. The topological polar surface area (TPSA) is 134 Å². The van der Waals surface area contributed by atoms with Crippen LogP contribution in [0.4, 0.5) is 17.1 Å². The van der Waals surface area contributed by atoms with Gasteiger partial charge in [-0.3, -0.25) is 14.4 Å². The molecule has 2 amide bonds. The van der Waals surface area contributed by atoms with Gasteiger partial charge >= 0.3 is 0 Å². The molecule has 0 saturated carbocycles. The van der Waals surface area contributed by atoms with Crippen LogP contribution in [0.1, 0.15) is 27.0 Å². The van der Waals surface area contributed by atoms with E-state index in [9.17, 15) is 14.4 Å². The molecule has 188 valence electrons. The number of benzene rings is 3. The highest BCUT2D eigenvalue weighted by Crippen LogP contribution is 2.27. The number of anilines is 3. The van der Waals surface area contributed by atoms with Crippen LogP contribution in [0.15, 0.2) is 53.7 Å². The number of hydrogen-bond donors (Lipinski definition) is 4. The minimum Gasteiger partial charge on any atom is -0.411 e. The van der Waals surface area contributed by atoms with Gasteiger partial charge in [-0.05, 0) is 154 Å². The third-order valence-electron chi connectivity index (χ3n) is 4.78. The standard InChI is InChI=1S/C9H9IN2O2.C9H6INO2.C7H8IN/c1-6-4-7(2-3-8(6)10)12-9(13)5-11-14;1-4-2-7-5(3-6(4)10)8(12)9(13)11-7;1-5-4-6(9)2-3-7(5)8/h2-5,14H,1H3,(H,12,13);2-3H,1H3,(H,11,12,13);2-4H,9H2,1H3/b11-5-;;. The lowest BCUT2D eigenvalue weighted by molar-refractivity contribution is -0.112. The average Bonchev–Trinajstić information content (AvgIpc) is 3.08. The Bertz CT molecular complexity index is 1340. The molecule has 4 rings (SSSR count). The summed E-state index contributed by atoms with van der Waals surface area (Å²) in [6, 6.07) is 15.0. The zero-order valence-electron chi connectivity index (χ0n) is 19.5. The molecule has 1 aliphatic heterocycles. The molecule has 0 unspecified atom stereocenters. The number of nitrogens with zero attached hydrogens (tertiary/aromatic N) is 1. The van der Waals surface area contributed by atoms with Crippen LogP contribution < -0.4 is 16.4 Å². The van der Waals surface area contributed by atoms with E-state index in [1.54, 1.807) is 12.1 Å². The first kappa shape index (κ1) is 30.0. The van der Waals surface area contributed by atoms with Crippen molar-refractivity contribution in [1.29, 1.82) is 0 Å². The lowest BCUT2D eigenvalue weighted by atomic mass is 10.1. The van der Waals surface area contributed by atoms with Crippen LogP contribution in [0, 0.1) is 31.5 Å². The number of carbonyl (C=O) groups excluding carboxylic acids is 3. The summed E-state index contributed by atoms with van der Waals surface area (Å²) >= 11 is 6.64. The van der Waals surface area contributed by atoms with Crippen LogP contribution in [0.25, 0.3) is 0 Å². The SMILES string of the molecule is Cc1cc(N)ccc1I.Cc1cc(NC(=O)/C=N\O)ccc1I.Cc1cc2c(cc1I)C(=O)C(=O)N2. The molecule has 11 heteroatoms. The monoisotopic (exact) mass is 824 g/mol. The molecule has 3 aromatic carbocycles. The molecule has 36 heavy (non-hydrogen) atoms. The second-order valence-corrected chi connectivity index (χ2v) is 11.1. The molecule has 5 N–H and O–H groups in total. The zero-order valence-corrected chi connectivity index (χ0v) is 26.0. The molecule has 0 aliphatic carbocycles. The van der Waals surface area contributed by atoms with Gasteiger partial charge in [0, 0.05) is 22.1 Å². The highest BCUT2D eigenvalue weighted by molar-refractivity contribution is 14.1. The fraction of sp³-hybridized carbons (Fsp3) is 0.120. The Morgan fingerprint density at radius 3 is 2.06 bits per heavy atom. The third kappa shape index (κ3) is 8.69. The summed E-state index contributed by atoms with van der Waals surface area (Å²) in [6.07, 6.45) is 0.813. The number of nitrogens with one attached hydrogen (secondary N) is 2. The molecule has 0 atom stereocenters. The summed E-state index contributed by atoms with van der Waals surface area (Å²) in [4.78, 5) is 33.2. The van der Waals surface area contributed by atoms with Gasteiger partial charge in [0.2, 0.25) is 0 Å². The Balaban J connectivity index is 0.000000195. The average molecular weight is 824 g/mol. The highest BCUT2D eigenvalue weighted by Gasteiger charge is 2.28. The van der Waals surface area contributed by atoms with Gasteiger partial charge in [0.05, 0.1) is 11.3 Å². The molecule has 1 aliphatic rings. The maximum absolute atomic E-state index is 11.2. The number of hydrogen-bond acceptors (Lipinski definition) is 6. The first-order valence-corrected chi connectivity index (χ1v) is 13.6. The van der Waals surface area contributed by atoms with Gasteiger partial charge in [-0.1, -0.05) is 5.16 Å². The number of nitrogens with two attached hydrogens (primary N) is 1. The smallest absolute Gasteiger partial charge is 0.296 e. The number of halogens is 3. The molecule has 8 nitrogen and oxygen atoms in total. The Morgan fingerprint density at radius 2 is 1.50 bits per heavy atom. The Morgan fingerprint density at radius 1 is 0.917 bits per heavy atom. The largest absolute Gasteiger partial charge is 0.411 e. The van der Waals surface area contributed by atoms with E-state index in [1.165, 1.54) is 9.13 Å². The van der Waals surface area contributed by atoms with Crippen molar-refractivity contribution in [1.82, 2.24) is 0 Å². The predicted molar refractivity (Wildman–Crippen MR) is 168 cm³/mol. The van der Waals surface area contributed by atoms with Gasteiger partial charge in [0.15, 0.2) is 0 Å². The maximum Gasteiger partial charge on any atom is 0.296 e. The molecule has 0 spiro atoms. The van der Waals surface area contributed by atoms with E-state index >= 15 is 0 Å². The fourth-order valence-corrected chi connectivity index (χ4v) is 4.03. The van der Waals surface area contributed by atoms with Crippen molar-refractivity contribution in [3.8, 4) is 0 Å². The first-order valence-electron chi connectivity index (χ1n) is 10.3. The number of nitrogen functional groups attached to an aromatic ring is 1. The van der Waals surface area contributed by atoms with Crippen molar-refractivity contribution in [3.05, 3.63) is 81.5 Å². The Hall–Kier alpha value is -2.27. The van der Waals surface area contributed by atoms with Gasteiger partial charge in [-0.2, -0.15) is 0 Å². The zero-order chi connectivity index (χ0) is 27.0. The van der Waals surface area contributed by atoms with Crippen molar-refractivity contribution >= 4 is 109 Å². The second kappa shape index (κ2) is 13.9. The van der Waals surface area contributed by atoms with Crippen LogP contribution >= 0.6 is 67.8 Å². The highest BCUT2D eigenvalue weighted by atomic mass is 127. The number of fused-ring (bicyclic) bond motifs is 1. The number of Topliss-reactive ketones (excluding diaryl/α,β-unsaturated/α-hetero) is 1. The van der Waals surface area contributed by atoms with E-state index in [-0.39, 0.29) is 0 Å². The molecule has 0 saturated heterocycles. The first-order chi connectivity index (χ1) is 16.9. The number of carbonyl (C=O) groups is 3. The van der Waals surface area contributed by atoms with Crippen molar-refractivity contribution < 1.29 is 19.6 Å². The van der Waals surface area contributed by atoms with Gasteiger partial charge < -0.3 is 21.6 Å². The summed E-state index contributed by atoms with van der Waals surface area (Å²) < 4.78 is 3.40. The van der Waals surface area contributed by atoms with Gasteiger partial charge in [0.25, 0.3) is 17.6 Å². The van der Waals surface area contributed by atoms with E-state index in [1.807, 2.05) is 50.2 Å². The molecule has 0 fully saturated rings. The van der Waals surface area contributed by atoms with Crippen molar-refractivity contribution in [2.45, 2.75) is 20.8 Å². The van der Waals surface area contributed by atoms with Crippen molar-refractivity contribution in [3.63, 3.8) is 0 Å². The van der Waals surface area contributed by atoms with E-state index in [2.05, 4.69) is 90.5 Å². The lowest BCUT2D eigenvalue weighted by Gasteiger charge is -2.03.